The molecule has 0 saturated carbocycles. The Morgan fingerprint density at radius 3 is 2.86 bits per heavy atom. The number of thiazole rings is 1. The van der Waals surface area contributed by atoms with E-state index in [2.05, 4.69) is 4.99 Å². The van der Waals surface area contributed by atoms with E-state index in [4.69, 9.17) is 9.47 Å². The van der Waals surface area contributed by atoms with Crippen molar-refractivity contribution in [1.82, 2.24) is 4.57 Å². The third-order valence-electron chi connectivity index (χ3n) is 4.72. The zero-order valence-corrected chi connectivity index (χ0v) is 16.2. The van der Waals surface area contributed by atoms with Crippen LogP contribution in [0.15, 0.2) is 52.8 Å². The normalized spacial score (nSPS) is 17.2. The van der Waals surface area contributed by atoms with Crippen molar-refractivity contribution in [1.29, 1.82) is 0 Å². The highest BCUT2D eigenvalue weighted by Crippen LogP contribution is 2.31. The minimum absolute atomic E-state index is 0.0834. The number of benzene rings is 2. The SMILES string of the molecule is COc1ccccc1-c1csc(=Nc2ccc(F)cc2F)n1CC1CCCO1. The molecule has 1 atom stereocenters. The minimum Gasteiger partial charge on any atom is -0.496 e. The number of rotatable bonds is 5. The second kappa shape index (κ2) is 8.24. The number of hydrogen-bond donors (Lipinski definition) is 0. The van der Waals surface area contributed by atoms with Gasteiger partial charge in [0.25, 0.3) is 0 Å². The number of para-hydroxylation sites is 1. The van der Waals surface area contributed by atoms with Gasteiger partial charge in [-0.15, -0.1) is 11.3 Å². The maximum atomic E-state index is 14.1. The Hall–Kier alpha value is -2.51. The molecule has 2 heterocycles. The number of aromatic nitrogens is 1. The van der Waals surface area contributed by atoms with Crippen molar-refractivity contribution in [3.05, 3.63) is 64.3 Å². The highest BCUT2D eigenvalue weighted by molar-refractivity contribution is 7.07. The lowest BCUT2D eigenvalue weighted by molar-refractivity contribution is 0.0968. The molecular formula is C21H20F2N2O2S. The fourth-order valence-corrected chi connectivity index (χ4v) is 4.26. The van der Waals surface area contributed by atoms with E-state index in [0.29, 0.717) is 11.3 Å². The lowest BCUT2D eigenvalue weighted by Gasteiger charge is -2.15. The van der Waals surface area contributed by atoms with Crippen LogP contribution in [0.3, 0.4) is 0 Å². The van der Waals surface area contributed by atoms with Crippen molar-refractivity contribution in [3.63, 3.8) is 0 Å². The average Bonchev–Trinajstić information content (AvgIpc) is 3.35. The van der Waals surface area contributed by atoms with Gasteiger partial charge in [0.2, 0.25) is 0 Å². The summed E-state index contributed by atoms with van der Waals surface area (Å²) >= 11 is 1.41. The first kappa shape index (κ1) is 18.8. The molecule has 3 aromatic rings. The van der Waals surface area contributed by atoms with Crippen LogP contribution in [0, 0.1) is 11.6 Å². The molecule has 1 saturated heterocycles. The Morgan fingerprint density at radius 1 is 1.25 bits per heavy atom. The first-order chi connectivity index (χ1) is 13.7. The van der Waals surface area contributed by atoms with E-state index in [-0.39, 0.29) is 11.8 Å². The van der Waals surface area contributed by atoms with Gasteiger partial charge in [-0.2, -0.15) is 0 Å². The number of hydrogen-bond acceptors (Lipinski definition) is 4. The van der Waals surface area contributed by atoms with E-state index in [1.54, 1.807) is 7.11 Å². The molecular weight excluding hydrogens is 382 g/mol. The van der Waals surface area contributed by atoms with E-state index in [9.17, 15) is 8.78 Å². The summed E-state index contributed by atoms with van der Waals surface area (Å²) in [6.07, 6.45) is 2.08. The maximum Gasteiger partial charge on any atom is 0.190 e. The van der Waals surface area contributed by atoms with Crippen LogP contribution in [0.2, 0.25) is 0 Å². The van der Waals surface area contributed by atoms with Crippen LogP contribution in [0.5, 0.6) is 5.75 Å². The Kier molecular flexibility index (Phi) is 5.54. The zero-order valence-electron chi connectivity index (χ0n) is 15.4. The quantitative estimate of drug-likeness (QED) is 0.608. The molecule has 0 N–H and O–H groups in total. The molecule has 1 aliphatic rings. The summed E-state index contributed by atoms with van der Waals surface area (Å²) in [4.78, 5) is 5.10. The van der Waals surface area contributed by atoms with Crippen LogP contribution in [0.1, 0.15) is 12.8 Å². The molecule has 1 aliphatic heterocycles. The highest BCUT2D eigenvalue weighted by atomic mass is 32.1. The predicted octanol–water partition coefficient (Wildman–Crippen LogP) is 4.91. The molecule has 2 aromatic carbocycles. The van der Waals surface area contributed by atoms with E-state index in [0.717, 1.165) is 42.5 Å². The van der Waals surface area contributed by atoms with Gasteiger partial charge in [0.15, 0.2) is 10.6 Å². The summed E-state index contributed by atoms with van der Waals surface area (Å²) in [5.41, 5.74) is 1.97. The number of halogens is 2. The van der Waals surface area contributed by atoms with E-state index in [1.165, 1.54) is 23.5 Å². The topological polar surface area (TPSA) is 35.8 Å². The van der Waals surface area contributed by atoms with Crippen LogP contribution in [0.25, 0.3) is 11.3 Å². The Balaban J connectivity index is 1.84. The van der Waals surface area contributed by atoms with E-state index < -0.39 is 11.6 Å². The van der Waals surface area contributed by atoms with Crippen molar-refractivity contribution in [2.45, 2.75) is 25.5 Å². The van der Waals surface area contributed by atoms with Crippen LogP contribution in [-0.2, 0) is 11.3 Å². The molecule has 0 spiro atoms. The zero-order chi connectivity index (χ0) is 19.5. The van der Waals surface area contributed by atoms with Crippen molar-refractivity contribution in [2.24, 2.45) is 4.99 Å². The van der Waals surface area contributed by atoms with Gasteiger partial charge in [-0.1, -0.05) is 12.1 Å². The monoisotopic (exact) mass is 402 g/mol. The molecule has 0 bridgehead atoms. The predicted molar refractivity (Wildman–Crippen MR) is 105 cm³/mol. The second-order valence-corrected chi connectivity index (χ2v) is 7.39. The molecule has 0 radical (unpaired) electrons. The molecule has 0 aliphatic carbocycles. The van der Waals surface area contributed by atoms with Gasteiger partial charge >= 0.3 is 0 Å². The molecule has 1 unspecified atom stereocenters. The lowest BCUT2D eigenvalue weighted by atomic mass is 10.1. The number of ether oxygens (including phenoxy) is 2. The largest absolute Gasteiger partial charge is 0.496 e. The maximum absolute atomic E-state index is 14.1. The van der Waals surface area contributed by atoms with Gasteiger partial charge in [-0.25, -0.2) is 13.8 Å². The number of methoxy groups -OCH3 is 1. The van der Waals surface area contributed by atoms with Gasteiger partial charge in [0.1, 0.15) is 17.3 Å². The van der Waals surface area contributed by atoms with Crippen molar-refractivity contribution in [3.8, 4) is 17.0 Å². The standard InChI is InChI=1S/C21H20F2N2O2S/c1-26-20-7-3-2-6-16(20)19-13-28-21(25(19)12-15-5-4-10-27-15)24-18-9-8-14(22)11-17(18)23/h2-3,6-9,11,13,15H,4-5,10,12H2,1H3. The van der Waals surface area contributed by atoms with Gasteiger partial charge in [0, 0.05) is 23.6 Å². The molecule has 7 heteroatoms. The van der Waals surface area contributed by atoms with Gasteiger partial charge < -0.3 is 14.0 Å². The first-order valence-electron chi connectivity index (χ1n) is 9.09. The van der Waals surface area contributed by atoms with Gasteiger partial charge in [0.05, 0.1) is 25.5 Å². The summed E-state index contributed by atoms with van der Waals surface area (Å²) in [6, 6.07) is 11.2. The highest BCUT2D eigenvalue weighted by Gasteiger charge is 2.20. The average molecular weight is 402 g/mol. The fourth-order valence-electron chi connectivity index (χ4n) is 3.33. The minimum atomic E-state index is -0.684. The summed E-state index contributed by atoms with van der Waals surface area (Å²) in [5.74, 6) is -0.554. The summed E-state index contributed by atoms with van der Waals surface area (Å²) in [5, 5.41) is 1.98. The fraction of sp³-hybridized carbons (Fsp3) is 0.286. The third kappa shape index (κ3) is 3.86. The molecule has 28 heavy (non-hydrogen) atoms. The first-order valence-corrected chi connectivity index (χ1v) is 9.97. The molecule has 4 nitrogen and oxygen atoms in total. The van der Waals surface area contributed by atoms with Gasteiger partial charge in [-0.3, -0.25) is 0 Å². The molecule has 1 aromatic heterocycles. The van der Waals surface area contributed by atoms with Crippen molar-refractivity contribution >= 4 is 17.0 Å². The second-order valence-electron chi connectivity index (χ2n) is 6.56. The van der Waals surface area contributed by atoms with Crippen LogP contribution in [-0.4, -0.2) is 24.4 Å². The Morgan fingerprint density at radius 2 is 2.11 bits per heavy atom. The van der Waals surface area contributed by atoms with Gasteiger partial charge in [-0.05, 0) is 37.1 Å². The molecule has 146 valence electrons. The van der Waals surface area contributed by atoms with Crippen LogP contribution in [0.4, 0.5) is 14.5 Å². The van der Waals surface area contributed by atoms with E-state index >= 15 is 0 Å². The molecule has 0 amide bonds. The van der Waals surface area contributed by atoms with Crippen molar-refractivity contribution in [2.75, 3.05) is 13.7 Å². The smallest absolute Gasteiger partial charge is 0.190 e. The molecule has 4 rings (SSSR count). The van der Waals surface area contributed by atoms with Crippen LogP contribution < -0.4 is 9.54 Å². The Bertz CT molecular complexity index is 1040. The third-order valence-corrected chi connectivity index (χ3v) is 5.58. The Labute approximate surface area is 165 Å². The van der Waals surface area contributed by atoms with E-state index in [1.807, 2.05) is 34.2 Å². The molecule has 1 fully saturated rings. The van der Waals surface area contributed by atoms with Crippen molar-refractivity contribution < 1.29 is 18.3 Å². The summed E-state index contributed by atoms with van der Waals surface area (Å²) in [6.45, 7) is 1.36. The van der Waals surface area contributed by atoms with Crippen LogP contribution >= 0.6 is 11.3 Å². The lowest BCUT2D eigenvalue weighted by Crippen LogP contribution is -2.24. The number of nitrogens with zero attached hydrogens (tertiary/aromatic N) is 2. The summed E-state index contributed by atoms with van der Waals surface area (Å²) in [7, 11) is 1.63. The summed E-state index contributed by atoms with van der Waals surface area (Å²) < 4.78 is 40.7.